The number of anilines is 1. The fourth-order valence-corrected chi connectivity index (χ4v) is 2.79. The van der Waals surface area contributed by atoms with Crippen molar-refractivity contribution < 1.29 is 0 Å². The average molecular weight is 260 g/mol. The number of nitrogens with zero attached hydrogens (tertiary/aromatic N) is 1. The van der Waals surface area contributed by atoms with Crippen molar-refractivity contribution in [2.75, 3.05) is 31.6 Å². The van der Waals surface area contributed by atoms with Crippen molar-refractivity contribution in [1.82, 2.24) is 5.32 Å². The van der Waals surface area contributed by atoms with E-state index in [0.717, 1.165) is 12.5 Å². The molecule has 106 valence electrons. The van der Waals surface area contributed by atoms with Crippen LogP contribution < -0.4 is 10.2 Å². The first kappa shape index (κ1) is 14.4. The normalized spacial score (nSPS) is 20.3. The maximum atomic E-state index is 3.49. The highest BCUT2D eigenvalue weighted by atomic mass is 15.1. The molecular weight excluding hydrogens is 232 g/mol. The molecule has 1 atom stereocenters. The van der Waals surface area contributed by atoms with Crippen LogP contribution in [0.3, 0.4) is 0 Å². The maximum Gasteiger partial charge on any atom is 0.0363 e. The van der Waals surface area contributed by atoms with Crippen molar-refractivity contribution >= 4 is 5.69 Å². The highest BCUT2D eigenvalue weighted by molar-refractivity contribution is 5.47. The monoisotopic (exact) mass is 260 g/mol. The SMILES string of the molecule is CN(CC1CCCNC1)c1ccc(C(C)(C)C)cc1. The molecule has 0 aromatic heterocycles. The first-order valence-corrected chi connectivity index (χ1v) is 7.49. The zero-order valence-corrected chi connectivity index (χ0v) is 12.9. The van der Waals surface area contributed by atoms with Gasteiger partial charge in [-0.1, -0.05) is 32.9 Å². The second kappa shape index (κ2) is 5.96. The molecule has 0 amide bonds. The van der Waals surface area contributed by atoms with Gasteiger partial charge in [0.25, 0.3) is 0 Å². The van der Waals surface area contributed by atoms with Gasteiger partial charge in [-0.05, 0) is 55.0 Å². The van der Waals surface area contributed by atoms with Gasteiger partial charge in [0, 0.05) is 19.3 Å². The van der Waals surface area contributed by atoms with Gasteiger partial charge in [-0.2, -0.15) is 0 Å². The minimum absolute atomic E-state index is 0.240. The molecule has 1 heterocycles. The lowest BCUT2D eigenvalue weighted by atomic mass is 9.87. The van der Waals surface area contributed by atoms with Gasteiger partial charge in [0.2, 0.25) is 0 Å². The van der Waals surface area contributed by atoms with Gasteiger partial charge < -0.3 is 10.2 Å². The molecule has 1 aromatic rings. The van der Waals surface area contributed by atoms with Gasteiger partial charge in [-0.15, -0.1) is 0 Å². The maximum absolute atomic E-state index is 3.49. The molecule has 19 heavy (non-hydrogen) atoms. The van der Waals surface area contributed by atoms with Crippen molar-refractivity contribution in [2.24, 2.45) is 5.92 Å². The first-order chi connectivity index (χ1) is 8.97. The number of piperidine rings is 1. The van der Waals surface area contributed by atoms with Crippen LogP contribution >= 0.6 is 0 Å². The Labute approximate surface area is 118 Å². The molecular formula is C17H28N2. The van der Waals surface area contributed by atoms with E-state index in [0.29, 0.717) is 0 Å². The van der Waals surface area contributed by atoms with Gasteiger partial charge >= 0.3 is 0 Å². The highest BCUT2D eigenvalue weighted by Gasteiger charge is 2.16. The van der Waals surface area contributed by atoms with E-state index in [1.165, 1.54) is 37.2 Å². The molecule has 1 aliphatic heterocycles. The summed E-state index contributed by atoms with van der Waals surface area (Å²) in [5.74, 6) is 0.793. The Kier molecular flexibility index (Phi) is 4.51. The number of rotatable bonds is 3. The first-order valence-electron chi connectivity index (χ1n) is 7.49. The Morgan fingerprint density at radius 1 is 1.21 bits per heavy atom. The van der Waals surface area contributed by atoms with Gasteiger partial charge in [0.1, 0.15) is 0 Å². The molecule has 1 aromatic carbocycles. The number of hydrogen-bond acceptors (Lipinski definition) is 2. The molecule has 2 heteroatoms. The number of hydrogen-bond donors (Lipinski definition) is 1. The predicted molar refractivity (Wildman–Crippen MR) is 84.0 cm³/mol. The second-order valence-corrected chi connectivity index (χ2v) is 6.89. The van der Waals surface area contributed by atoms with E-state index in [2.05, 4.69) is 62.3 Å². The topological polar surface area (TPSA) is 15.3 Å². The lowest BCUT2D eigenvalue weighted by Crippen LogP contribution is -2.36. The summed E-state index contributed by atoms with van der Waals surface area (Å²) in [6.45, 7) is 10.3. The van der Waals surface area contributed by atoms with Gasteiger partial charge in [-0.25, -0.2) is 0 Å². The Balaban J connectivity index is 1.97. The summed E-state index contributed by atoms with van der Waals surface area (Å²) in [6, 6.07) is 9.06. The highest BCUT2D eigenvalue weighted by Crippen LogP contribution is 2.25. The van der Waals surface area contributed by atoms with Crippen LogP contribution in [0.5, 0.6) is 0 Å². The van der Waals surface area contributed by atoms with Gasteiger partial charge in [-0.3, -0.25) is 0 Å². The summed E-state index contributed by atoms with van der Waals surface area (Å²) in [5, 5.41) is 3.49. The second-order valence-electron chi connectivity index (χ2n) is 6.89. The summed E-state index contributed by atoms with van der Waals surface area (Å²) in [4.78, 5) is 2.39. The summed E-state index contributed by atoms with van der Waals surface area (Å²) in [6.07, 6.45) is 2.68. The minimum Gasteiger partial charge on any atom is -0.374 e. The largest absolute Gasteiger partial charge is 0.374 e. The molecule has 2 rings (SSSR count). The summed E-state index contributed by atoms with van der Waals surface area (Å²) >= 11 is 0. The third kappa shape index (κ3) is 3.97. The van der Waals surface area contributed by atoms with E-state index in [4.69, 9.17) is 0 Å². The summed E-state index contributed by atoms with van der Waals surface area (Å²) < 4.78 is 0. The minimum atomic E-state index is 0.240. The molecule has 1 unspecified atom stereocenters. The summed E-state index contributed by atoms with van der Waals surface area (Å²) in [5.41, 5.74) is 2.98. The molecule has 0 saturated carbocycles. The standard InChI is InChI=1S/C17H28N2/c1-17(2,3)15-7-9-16(10-8-15)19(4)13-14-6-5-11-18-12-14/h7-10,14,18H,5-6,11-13H2,1-4H3. The van der Waals surface area contributed by atoms with Crippen molar-refractivity contribution in [3.05, 3.63) is 29.8 Å². The molecule has 0 spiro atoms. The fraction of sp³-hybridized carbons (Fsp3) is 0.647. The molecule has 1 saturated heterocycles. The Hall–Kier alpha value is -1.02. The van der Waals surface area contributed by atoms with Crippen molar-refractivity contribution in [3.8, 4) is 0 Å². The van der Waals surface area contributed by atoms with Gasteiger partial charge in [0.05, 0.1) is 0 Å². The predicted octanol–water partition coefficient (Wildman–Crippen LogP) is 3.42. The van der Waals surface area contributed by atoms with Crippen LogP contribution in [-0.2, 0) is 5.41 Å². The zero-order valence-electron chi connectivity index (χ0n) is 12.9. The van der Waals surface area contributed by atoms with E-state index in [1.54, 1.807) is 0 Å². The summed E-state index contributed by atoms with van der Waals surface area (Å²) in [7, 11) is 2.21. The van der Waals surface area contributed by atoms with E-state index in [9.17, 15) is 0 Å². The van der Waals surface area contributed by atoms with E-state index in [1.807, 2.05) is 0 Å². The lowest BCUT2D eigenvalue weighted by Gasteiger charge is -2.29. The molecule has 2 nitrogen and oxygen atoms in total. The van der Waals surface area contributed by atoms with Crippen LogP contribution in [0.1, 0.15) is 39.2 Å². The van der Waals surface area contributed by atoms with E-state index in [-0.39, 0.29) is 5.41 Å². The Morgan fingerprint density at radius 3 is 2.42 bits per heavy atom. The van der Waals surface area contributed by atoms with Crippen LogP contribution in [0.25, 0.3) is 0 Å². The fourth-order valence-electron chi connectivity index (χ4n) is 2.79. The van der Waals surface area contributed by atoms with Crippen LogP contribution in [-0.4, -0.2) is 26.7 Å². The molecule has 1 N–H and O–H groups in total. The van der Waals surface area contributed by atoms with Gasteiger partial charge in [0.15, 0.2) is 0 Å². The Bertz CT molecular complexity index is 383. The van der Waals surface area contributed by atoms with Crippen LogP contribution in [0.15, 0.2) is 24.3 Å². The number of benzene rings is 1. The average Bonchev–Trinajstić information content (AvgIpc) is 2.39. The van der Waals surface area contributed by atoms with Crippen LogP contribution in [0, 0.1) is 5.92 Å². The zero-order chi connectivity index (χ0) is 13.9. The van der Waals surface area contributed by atoms with Crippen molar-refractivity contribution in [1.29, 1.82) is 0 Å². The van der Waals surface area contributed by atoms with Crippen molar-refractivity contribution in [2.45, 2.75) is 39.0 Å². The quantitative estimate of drug-likeness (QED) is 0.896. The van der Waals surface area contributed by atoms with Crippen molar-refractivity contribution in [3.63, 3.8) is 0 Å². The lowest BCUT2D eigenvalue weighted by molar-refractivity contribution is 0.381. The smallest absolute Gasteiger partial charge is 0.0363 e. The molecule has 0 bridgehead atoms. The molecule has 1 fully saturated rings. The molecule has 0 aliphatic carbocycles. The third-order valence-electron chi connectivity index (χ3n) is 4.11. The number of nitrogens with one attached hydrogen (secondary N) is 1. The molecule has 1 aliphatic rings. The van der Waals surface area contributed by atoms with E-state index < -0.39 is 0 Å². The van der Waals surface area contributed by atoms with Crippen LogP contribution in [0.2, 0.25) is 0 Å². The third-order valence-corrected chi connectivity index (χ3v) is 4.11. The van der Waals surface area contributed by atoms with Crippen LogP contribution in [0.4, 0.5) is 5.69 Å². The van der Waals surface area contributed by atoms with E-state index >= 15 is 0 Å². The molecule has 0 radical (unpaired) electrons. The Morgan fingerprint density at radius 2 is 1.89 bits per heavy atom.